The quantitative estimate of drug-likeness (QED) is 0.602. The summed E-state index contributed by atoms with van der Waals surface area (Å²) in [5.74, 6) is 0.0174. The zero-order chi connectivity index (χ0) is 12.7. The number of hydrogen-bond acceptors (Lipinski definition) is 3. The molecule has 0 aromatic heterocycles. The molecule has 0 bridgehead atoms. The highest BCUT2D eigenvalue weighted by Crippen LogP contribution is 2.18. The van der Waals surface area contributed by atoms with Crippen LogP contribution in [0.4, 0.5) is 0 Å². The summed E-state index contributed by atoms with van der Waals surface area (Å²) >= 11 is 1.75. The molecule has 1 aromatic carbocycles. The Labute approximate surface area is 107 Å². The summed E-state index contributed by atoms with van der Waals surface area (Å²) in [4.78, 5) is 12.0. The van der Waals surface area contributed by atoms with Gasteiger partial charge in [0.25, 0.3) is 0 Å². The van der Waals surface area contributed by atoms with Crippen LogP contribution < -0.4 is 10.6 Å². The van der Waals surface area contributed by atoms with Gasteiger partial charge in [-0.3, -0.25) is 4.79 Å². The van der Waals surface area contributed by atoms with Crippen LogP contribution in [0, 0.1) is 0 Å². The van der Waals surface area contributed by atoms with Gasteiger partial charge in [-0.15, -0.1) is 11.8 Å². The van der Waals surface area contributed by atoms with E-state index in [2.05, 4.69) is 48.1 Å². The van der Waals surface area contributed by atoms with Gasteiger partial charge < -0.3 is 10.6 Å². The number of thioether (sulfide) groups is 1. The van der Waals surface area contributed by atoms with Gasteiger partial charge in [-0.2, -0.15) is 0 Å². The molecule has 4 heteroatoms. The summed E-state index contributed by atoms with van der Waals surface area (Å²) in [5, 5.41) is 6.14. The Morgan fingerprint density at radius 1 is 1.29 bits per heavy atom. The van der Waals surface area contributed by atoms with Crippen LogP contribution in [0.25, 0.3) is 0 Å². The molecule has 2 N–H and O–H groups in total. The number of carbonyl (C=O) groups excluding carboxylic acids is 1. The zero-order valence-electron chi connectivity index (χ0n) is 10.6. The van der Waals surface area contributed by atoms with Gasteiger partial charge in [-0.1, -0.05) is 12.1 Å². The average Bonchev–Trinajstić information content (AvgIpc) is 2.34. The van der Waals surface area contributed by atoms with Gasteiger partial charge in [-0.25, -0.2) is 0 Å². The van der Waals surface area contributed by atoms with Crippen molar-refractivity contribution in [1.29, 1.82) is 0 Å². The molecule has 0 saturated carbocycles. The molecule has 3 nitrogen and oxygen atoms in total. The van der Waals surface area contributed by atoms with Crippen LogP contribution in [0.2, 0.25) is 0 Å². The molecule has 1 rings (SSSR count). The molecule has 0 saturated heterocycles. The fourth-order valence-electron chi connectivity index (χ4n) is 1.54. The van der Waals surface area contributed by atoms with Gasteiger partial charge in [0.2, 0.25) is 5.91 Å². The summed E-state index contributed by atoms with van der Waals surface area (Å²) in [5.41, 5.74) is 1.27. The van der Waals surface area contributed by atoms with Gasteiger partial charge >= 0.3 is 0 Å². The molecule has 0 aliphatic heterocycles. The van der Waals surface area contributed by atoms with Gasteiger partial charge in [0.1, 0.15) is 0 Å². The molecule has 0 heterocycles. The van der Waals surface area contributed by atoms with Gasteiger partial charge in [0.05, 0.1) is 0 Å². The molecule has 1 amide bonds. The molecule has 0 radical (unpaired) electrons. The lowest BCUT2D eigenvalue weighted by Crippen LogP contribution is -2.31. The number of carbonyl (C=O) groups is 1. The Morgan fingerprint density at radius 3 is 2.47 bits per heavy atom. The van der Waals surface area contributed by atoms with Crippen LogP contribution in [0.3, 0.4) is 0 Å². The fourth-order valence-corrected chi connectivity index (χ4v) is 1.95. The Morgan fingerprint density at radius 2 is 1.94 bits per heavy atom. The van der Waals surface area contributed by atoms with E-state index < -0.39 is 0 Å². The SMILES string of the molecule is CSc1ccc(C(C)NCCNC(C)=O)cc1. The van der Waals surface area contributed by atoms with E-state index in [1.807, 2.05) is 0 Å². The lowest BCUT2D eigenvalue weighted by Gasteiger charge is -2.14. The van der Waals surface area contributed by atoms with Crippen LogP contribution in [0.1, 0.15) is 25.5 Å². The van der Waals surface area contributed by atoms with E-state index in [4.69, 9.17) is 0 Å². The van der Waals surface area contributed by atoms with E-state index in [9.17, 15) is 4.79 Å². The maximum Gasteiger partial charge on any atom is 0.216 e. The van der Waals surface area contributed by atoms with Crippen LogP contribution in [-0.4, -0.2) is 25.3 Å². The fraction of sp³-hybridized carbons (Fsp3) is 0.462. The molecule has 0 aliphatic carbocycles. The molecule has 94 valence electrons. The van der Waals surface area contributed by atoms with Gasteiger partial charge in [-0.05, 0) is 30.9 Å². The van der Waals surface area contributed by atoms with Gasteiger partial charge in [0, 0.05) is 31.0 Å². The first kappa shape index (κ1) is 14.1. The molecule has 1 aromatic rings. The number of amides is 1. The largest absolute Gasteiger partial charge is 0.355 e. The number of hydrogen-bond donors (Lipinski definition) is 2. The summed E-state index contributed by atoms with van der Waals surface area (Å²) < 4.78 is 0. The minimum atomic E-state index is 0.0174. The van der Waals surface area contributed by atoms with Crippen molar-refractivity contribution in [3.63, 3.8) is 0 Å². The second-order valence-electron chi connectivity index (χ2n) is 3.93. The van der Waals surface area contributed by atoms with E-state index in [0.29, 0.717) is 12.6 Å². The van der Waals surface area contributed by atoms with E-state index in [1.165, 1.54) is 17.4 Å². The van der Waals surface area contributed by atoms with Crippen molar-refractivity contribution < 1.29 is 4.79 Å². The minimum absolute atomic E-state index is 0.0174. The number of benzene rings is 1. The lowest BCUT2D eigenvalue weighted by molar-refractivity contribution is -0.118. The maximum absolute atomic E-state index is 10.7. The second kappa shape index (κ2) is 7.35. The number of rotatable bonds is 6. The van der Waals surface area contributed by atoms with E-state index in [1.54, 1.807) is 11.8 Å². The summed E-state index contributed by atoms with van der Waals surface area (Å²) in [7, 11) is 0. The summed E-state index contributed by atoms with van der Waals surface area (Å²) in [6, 6.07) is 8.85. The summed E-state index contributed by atoms with van der Waals surface area (Å²) in [6.45, 7) is 5.11. The molecule has 0 spiro atoms. The van der Waals surface area contributed by atoms with E-state index >= 15 is 0 Å². The van der Waals surface area contributed by atoms with Crippen molar-refractivity contribution in [2.24, 2.45) is 0 Å². The predicted molar refractivity (Wildman–Crippen MR) is 73.3 cm³/mol. The van der Waals surface area contributed by atoms with Gasteiger partial charge in [0.15, 0.2) is 0 Å². The Balaban J connectivity index is 2.35. The third kappa shape index (κ3) is 5.24. The average molecular weight is 252 g/mol. The monoisotopic (exact) mass is 252 g/mol. The van der Waals surface area contributed by atoms with Crippen molar-refractivity contribution in [3.8, 4) is 0 Å². The summed E-state index contributed by atoms with van der Waals surface area (Å²) in [6.07, 6.45) is 2.07. The lowest BCUT2D eigenvalue weighted by atomic mass is 10.1. The van der Waals surface area contributed by atoms with E-state index in [-0.39, 0.29) is 5.91 Å². The first-order valence-electron chi connectivity index (χ1n) is 5.75. The Bertz CT molecular complexity index is 351. The predicted octanol–water partition coefficient (Wildman–Crippen LogP) is 2.20. The van der Waals surface area contributed by atoms with Crippen molar-refractivity contribution >= 4 is 17.7 Å². The molecule has 0 fully saturated rings. The van der Waals surface area contributed by atoms with Crippen LogP contribution in [-0.2, 0) is 4.79 Å². The molecule has 17 heavy (non-hydrogen) atoms. The second-order valence-corrected chi connectivity index (χ2v) is 4.81. The topological polar surface area (TPSA) is 41.1 Å². The molecular weight excluding hydrogens is 232 g/mol. The molecular formula is C13H20N2OS. The highest BCUT2D eigenvalue weighted by Gasteiger charge is 2.03. The third-order valence-corrected chi connectivity index (χ3v) is 3.31. The highest BCUT2D eigenvalue weighted by molar-refractivity contribution is 7.98. The molecule has 1 unspecified atom stereocenters. The zero-order valence-corrected chi connectivity index (χ0v) is 11.4. The Hall–Kier alpha value is -1.00. The van der Waals surface area contributed by atoms with Crippen molar-refractivity contribution in [3.05, 3.63) is 29.8 Å². The van der Waals surface area contributed by atoms with Crippen LogP contribution >= 0.6 is 11.8 Å². The maximum atomic E-state index is 10.7. The first-order chi connectivity index (χ1) is 8.13. The van der Waals surface area contributed by atoms with Crippen LogP contribution in [0.15, 0.2) is 29.2 Å². The van der Waals surface area contributed by atoms with E-state index in [0.717, 1.165) is 6.54 Å². The molecule has 0 aliphatic rings. The normalized spacial score (nSPS) is 12.2. The van der Waals surface area contributed by atoms with Crippen molar-refractivity contribution in [1.82, 2.24) is 10.6 Å². The minimum Gasteiger partial charge on any atom is -0.355 e. The standard InChI is InChI=1S/C13H20N2OS/c1-10(14-8-9-15-11(2)16)12-4-6-13(17-3)7-5-12/h4-7,10,14H,8-9H2,1-3H3,(H,15,16). The third-order valence-electron chi connectivity index (χ3n) is 2.57. The van der Waals surface area contributed by atoms with Crippen molar-refractivity contribution in [2.45, 2.75) is 24.8 Å². The smallest absolute Gasteiger partial charge is 0.216 e. The highest BCUT2D eigenvalue weighted by atomic mass is 32.2. The Kier molecular flexibility index (Phi) is 6.08. The van der Waals surface area contributed by atoms with Crippen molar-refractivity contribution in [2.75, 3.05) is 19.3 Å². The van der Waals surface area contributed by atoms with Crippen LogP contribution in [0.5, 0.6) is 0 Å². The first-order valence-corrected chi connectivity index (χ1v) is 6.97. The molecule has 1 atom stereocenters. The number of nitrogens with one attached hydrogen (secondary N) is 2.